The Morgan fingerprint density at radius 3 is 3.00 bits per heavy atom. The van der Waals surface area contributed by atoms with Gasteiger partial charge in [0, 0.05) is 60.8 Å². The molecule has 0 aliphatic carbocycles. The van der Waals surface area contributed by atoms with Crippen molar-refractivity contribution in [1.29, 1.82) is 0 Å². The Morgan fingerprint density at radius 2 is 2.25 bits per heavy atom. The Labute approximate surface area is 154 Å². The van der Waals surface area contributed by atoms with Crippen molar-refractivity contribution in [3.8, 4) is 5.75 Å². The van der Waals surface area contributed by atoms with Crippen LogP contribution in [0.3, 0.4) is 0 Å². The summed E-state index contributed by atoms with van der Waals surface area (Å²) >= 11 is 6.18. The molecule has 1 aliphatic heterocycles. The zero-order chi connectivity index (χ0) is 16.1. The van der Waals surface area contributed by atoms with Gasteiger partial charge in [0.25, 0.3) is 0 Å². The molecule has 1 aromatic carbocycles. The molecule has 0 saturated carbocycles. The molecule has 1 N–H and O–H groups in total. The molecule has 1 saturated heterocycles. The molecule has 2 heterocycles. The van der Waals surface area contributed by atoms with Crippen LogP contribution in [0, 0.1) is 0 Å². The summed E-state index contributed by atoms with van der Waals surface area (Å²) in [4.78, 5) is 6.55. The molecule has 3 rings (SSSR count). The molecule has 2 aromatic rings. The van der Waals surface area contributed by atoms with Crippen molar-refractivity contribution in [2.24, 2.45) is 0 Å². The third-order valence-electron chi connectivity index (χ3n) is 3.99. The lowest BCUT2D eigenvalue weighted by Gasteiger charge is -2.32. The van der Waals surface area contributed by atoms with Crippen LogP contribution in [0.5, 0.6) is 5.75 Å². The second-order valence-electron chi connectivity index (χ2n) is 5.99. The van der Waals surface area contributed by atoms with E-state index >= 15 is 0 Å². The van der Waals surface area contributed by atoms with E-state index < -0.39 is 0 Å². The first-order chi connectivity index (χ1) is 11.2. The monoisotopic (exact) mass is 367 g/mol. The van der Waals surface area contributed by atoms with Crippen molar-refractivity contribution in [2.45, 2.75) is 26.1 Å². The van der Waals surface area contributed by atoms with Crippen LogP contribution in [-0.4, -0.2) is 35.6 Å². The fourth-order valence-corrected chi connectivity index (χ4v) is 3.05. The van der Waals surface area contributed by atoms with Gasteiger partial charge < -0.3 is 10.1 Å². The first kappa shape index (κ1) is 19.0. The summed E-state index contributed by atoms with van der Waals surface area (Å²) in [5, 5.41) is 4.21. The largest absolute Gasteiger partial charge is 0.489 e. The number of hydrogen-bond acceptors (Lipinski definition) is 4. The highest BCUT2D eigenvalue weighted by atomic mass is 35.5. The maximum Gasteiger partial charge on any atom is 0.124 e. The summed E-state index contributed by atoms with van der Waals surface area (Å²) in [6, 6.07) is 10.3. The average Bonchev–Trinajstić information content (AvgIpc) is 2.55. The summed E-state index contributed by atoms with van der Waals surface area (Å²) in [5.41, 5.74) is 2.19. The predicted molar refractivity (Wildman–Crippen MR) is 100 cm³/mol. The standard InChI is InChI=1S/C18H22ClN3O.ClH/c1-14-11-22(8-7-21-14)12-16-9-17(19)4-5-18(16)23-13-15-3-2-6-20-10-15;/h2-6,9-10,14,21H,7-8,11-13H2,1H3;1H. The molecule has 4 nitrogen and oxygen atoms in total. The Balaban J connectivity index is 0.00000208. The molecular formula is C18H23Cl2N3O. The first-order valence-electron chi connectivity index (χ1n) is 7.96. The van der Waals surface area contributed by atoms with Gasteiger partial charge in [0.2, 0.25) is 0 Å². The number of ether oxygens (including phenoxy) is 1. The normalized spacial score (nSPS) is 18.0. The lowest BCUT2D eigenvalue weighted by Crippen LogP contribution is -2.48. The minimum atomic E-state index is 0. The molecule has 0 radical (unpaired) electrons. The zero-order valence-electron chi connectivity index (χ0n) is 13.7. The van der Waals surface area contributed by atoms with Crippen molar-refractivity contribution in [2.75, 3.05) is 19.6 Å². The molecule has 1 fully saturated rings. The average molecular weight is 368 g/mol. The zero-order valence-corrected chi connectivity index (χ0v) is 15.3. The van der Waals surface area contributed by atoms with Gasteiger partial charge in [-0.1, -0.05) is 17.7 Å². The van der Waals surface area contributed by atoms with Crippen LogP contribution in [0.4, 0.5) is 0 Å². The van der Waals surface area contributed by atoms with Crippen LogP contribution in [0.2, 0.25) is 5.02 Å². The molecule has 1 aromatic heterocycles. The summed E-state index contributed by atoms with van der Waals surface area (Å²) in [6.07, 6.45) is 3.59. The summed E-state index contributed by atoms with van der Waals surface area (Å²) in [6.45, 7) is 6.68. The van der Waals surface area contributed by atoms with Crippen molar-refractivity contribution < 1.29 is 4.74 Å². The summed E-state index contributed by atoms with van der Waals surface area (Å²) in [7, 11) is 0. The topological polar surface area (TPSA) is 37.4 Å². The van der Waals surface area contributed by atoms with Gasteiger partial charge in [-0.2, -0.15) is 0 Å². The molecule has 1 aliphatic rings. The predicted octanol–water partition coefficient (Wildman–Crippen LogP) is 3.53. The van der Waals surface area contributed by atoms with E-state index in [2.05, 4.69) is 22.1 Å². The van der Waals surface area contributed by atoms with E-state index in [1.807, 2.05) is 36.5 Å². The summed E-state index contributed by atoms with van der Waals surface area (Å²) in [5.74, 6) is 0.893. The Hall–Kier alpha value is -1.33. The minimum Gasteiger partial charge on any atom is -0.489 e. The maximum absolute atomic E-state index is 6.18. The van der Waals surface area contributed by atoms with E-state index in [0.29, 0.717) is 12.6 Å². The third kappa shape index (κ3) is 5.35. The molecular weight excluding hydrogens is 345 g/mol. The van der Waals surface area contributed by atoms with E-state index in [1.54, 1.807) is 6.20 Å². The van der Waals surface area contributed by atoms with Crippen LogP contribution in [-0.2, 0) is 13.2 Å². The minimum absolute atomic E-state index is 0. The number of piperazine rings is 1. The van der Waals surface area contributed by atoms with Crippen molar-refractivity contribution in [3.05, 3.63) is 58.9 Å². The highest BCUT2D eigenvalue weighted by Gasteiger charge is 2.17. The molecule has 1 atom stereocenters. The van der Waals surface area contributed by atoms with Gasteiger partial charge in [0.05, 0.1) is 0 Å². The second-order valence-corrected chi connectivity index (χ2v) is 6.43. The number of hydrogen-bond donors (Lipinski definition) is 1. The van der Waals surface area contributed by atoms with Crippen molar-refractivity contribution >= 4 is 24.0 Å². The van der Waals surface area contributed by atoms with Gasteiger partial charge in [0.15, 0.2) is 0 Å². The van der Waals surface area contributed by atoms with E-state index in [0.717, 1.165) is 48.1 Å². The molecule has 0 amide bonds. The highest BCUT2D eigenvalue weighted by Crippen LogP contribution is 2.25. The lowest BCUT2D eigenvalue weighted by atomic mass is 10.1. The van der Waals surface area contributed by atoms with E-state index in [-0.39, 0.29) is 12.4 Å². The Kier molecular flexibility index (Phi) is 7.31. The number of aromatic nitrogens is 1. The molecule has 0 bridgehead atoms. The maximum atomic E-state index is 6.18. The number of pyridine rings is 1. The van der Waals surface area contributed by atoms with Crippen LogP contribution in [0.1, 0.15) is 18.1 Å². The van der Waals surface area contributed by atoms with Gasteiger partial charge in [-0.05, 0) is 31.2 Å². The number of rotatable bonds is 5. The number of nitrogens with one attached hydrogen (secondary N) is 1. The van der Waals surface area contributed by atoms with Gasteiger partial charge in [-0.25, -0.2) is 0 Å². The quantitative estimate of drug-likeness (QED) is 0.876. The Morgan fingerprint density at radius 1 is 1.38 bits per heavy atom. The molecule has 130 valence electrons. The molecule has 0 spiro atoms. The van der Waals surface area contributed by atoms with Gasteiger partial charge in [-0.3, -0.25) is 9.88 Å². The van der Waals surface area contributed by atoms with E-state index in [1.165, 1.54) is 0 Å². The smallest absolute Gasteiger partial charge is 0.124 e. The van der Waals surface area contributed by atoms with Gasteiger partial charge >= 0.3 is 0 Å². The van der Waals surface area contributed by atoms with Crippen LogP contribution >= 0.6 is 24.0 Å². The van der Waals surface area contributed by atoms with E-state index in [4.69, 9.17) is 16.3 Å². The lowest BCUT2D eigenvalue weighted by molar-refractivity contribution is 0.195. The van der Waals surface area contributed by atoms with Gasteiger partial charge in [-0.15, -0.1) is 12.4 Å². The van der Waals surface area contributed by atoms with Crippen LogP contribution in [0.25, 0.3) is 0 Å². The van der Waals surface area contributed by atoms with Crippen molar-refractivity contribution in [1.82, 2.24) is 15.2 Å². The second kappa shape index (κ2) is 9.23. The number of nitrogens with zero attached hydrogens (tertiary/aromatic N) is 2. The Bertz CT molecular complexity index is 639. The number of benzene rings is 1. The van der Waals surface area contributed by atoms with E-state index in [9.17, 15) is 0 Å². The van der Waals surface area contributed by atoms with Crippen LogP contribution in [0.15, 0.2) is 42.7 Å². The molecule has 24 heavy (non-hydrogen) atoms. The van der Waals surface area contributed by atoms with Gasteiger partial charge in [0.1, 0.15) is 12.4 Å². The fourth-order valence-electron chi connectivity index (χ4n) is 2.85. The molecule has 6 heteroatoms. The SMILES string of the molecule is CC1CN(Cc2cc(Cl)ccc2OCc2cccnc2)CCN1.Cl. The fraction of sp³-hybridized carbons (Fsp3) is 0.389. The summed E-state index contributed by atoms with van der Waals surface area (Å²) < 4.78 is 6.01. The first-order valence-corrected chi connectivity index (χ1v) is 8.34. The van der Waals surface area contributed by atoms with Crippen molar-refractivity contribution in [3.63, 3.8) is 0 Å². The highest BCUT2D eigenvalue weighted by molar-refractivity contribution is 6.30. The molecule has 1 unspecified atom stereocenters. The number of halogens is 2. The van der Waals surface area contributed by atoms with Crippen LogP contribution < -0.4 is 10.1 Å². The third-order valence-corrected chi connectivity index (χ3v) is 4.22.